The average molecular weight is 436 g/mol. The van der Waals surface area contributed by atoms with Crippen LogP contribution in [0.2, 0.25) is 0 Å². The number of rotatable bonds is 5. The van der Waals surface area contributed by atoms with E-state index in [9.17, 15) is 13.6 Å². The molecule has 1 N–H and O–H groups in total. The van der Waals surface area contributed by atoms with E-state index < -0.39 is 17.5 Å². The monoisotopic (exact) mass is 435 g/mol. The van der Waals surface area contributed by atoms with Gasteiger partial charge in [-0.25, -0.2) is 18.7 Å². The van der Waals surface area contributed by atoms with Gasteiger partial charge in [-0.05, 0) is 25.0 Å². The van der Waals surface area contributed by atoms with Crippen molar-refractivity contribution in [2.75, 3.05) is 29.1 Å². The second-order valence-corrected chi connectivity index (χ2v) is 8.63. The molecule has 0 radical (unpaired) electrons. The van der Waals surface area contributed by atoms with Crippen molar-refractivity contribution in [3.8, 4) is 0 Å². The molecule has 1 amide bonds. The molecule has 1 saturated heterocycles. The molecule has 0 spiro atoms. The number of hydrogen-bond acceptors (Lipinski definition) is 7. The largest absolute Gasteiger partial charge is 0.348 e. The van der Waals surface area contributed by atoms with Crippen molar-refractivity contribution in [3.05, 3.63) is 36.2 Å². The van der Waals surface area contributed by atoms with Crippen LogP contribution in [0.3, 0.4) is 0 Å². The third-order valence-corrected chi connectivity index (χ3v) is 6.80. The highest BCUT2D eigenvalue weighted by Crippen LogP contribution is 2.34. The Morgan fingerprint density at radius 2 is 1.97 bits per heavy atom. The van der Waals surface area contributed by atoms with Gasteiger partial charge in [0.15, 0.2) is 10.8 Å². The van der Waals surface area contributed by atoms with Crippen LogP contribution in [-0.4, -0.2) is 39.7 Å². The summed E-state index contributed by atoms with van der Waals surface area (Å²) in [6.07, 6.45) is 6.24. The number of hydrogen-bond donors (Lipinski definition) is 1. The Hall–Kier alpha value is -2.33. The van der Waals surface area contributed by atoms with Crippen LogP contribution >= 0.6 is 23.1 Å². The number of thioether (sulfide) groups is 1. The third kappa shape index (κ3) is 4.81. The van der Waals surface area contributed by atoms with Crippen molar-refractivity contribution in [2.24, 2.45) is 0 Å². The van der Waals surface area contributed by atoms with Gasteiger partial charge in [0.05, 0.1) is 11.4 Å². The van der Waals surface area contributed by atoms with Crippen LogP contribution in [0.15, 0.2) is 29.6 Å². The summed E-state index contributed by atoms with van der Waals surface area (Å²) in [5.41, 5.74) is 0.572. The van der Waals surface area contributed by atoms with E-state index in [0.29, 0.717) is 10.7 Å². The summed E-state index contributed by atoms with van der Waals surface area (Å²) in [5, 5.41) is 4.06. The number of nitrogens with one attached hydrogen (secondary N) is 1. The van der Waals surface area contributed by atoms with E-state index in [-0.39, 0.29) is 11.4 Å². The molecule has 1 aromatic carbocycles. The molecular formula is C19H19F2N5OS2. The van der Waals surface area contributed by atoms with Crippen LogP contribution in [-0.2, 0) is 4.79 Å². The first-order valence-corrected chi connectivity index (χ1v) is 11.1. The number of carbonyl (C=O) groups excluding carboxylic acids is 1. The van der Waals surface area contributed by atoms with Crippen LogP contribution in [0.1, 0.15) is 25.7 Å². The summed E-state index contributed by atoms with van der Waals surface area (Å²) >= 11 is 2.78. The summed E-state index contributed by atoms with van der Waals surface area (Å²) in [7, 11) is 0. The Bertz CT molecular complexity index is 1020. The number of thiazole rings is 1. The Kier molecular flexibility index (Phi) is 6.19. The zero-order valence-corrected chi connectivity index (χ0v) is 17.2. The van der Waals surface area contributed by atoms with Crippen LogP contribution < -0.4 is 10.2 Å². The number of anilines is 2. The van der Waals surface area contributed by atoms with Crippen molar-refractivity contribution >= 4 is 50.2 Å². The van der Waals surface area contributed by atoms with Crippen molar-refractivity contribution in [1.82, 2.24) is 15.0 Å². The summed E-state index contributed by atoms with van der Waals surface area (Å²) in [6, 6.07) is 3.03. The van der Waals surface area contributed by atoms with Gasteiger partial charge in [-0.2, -0.15) is 4.98 Å². The first-order chi connectivity index (χ1) is 14.1. The fourth-order valence-electron chi connectivity index (χ4n) is 3.13. The van der Waals surface area contributed by atoms with E-state index in [1.165, 1.54) is 48.3 Å². The second-order valence-electron chi connectivity index (χ2n) is 6.69. The fraction of sp³-hybridized carbons (Fsp3) is 0.368. The fourth-order valence-corrected chi connectivity index (χ4v) is 5.08. The minimum absolute atomic E-state index is 0.0415. The molecular weight excluding hydrogens is 416 g/mol. The molecule has 29 heavy (non-hydrogen) atoms. The smallest absolute Gasteiger partial charge is 0.234 e. The molecule has 1 aliphatic rings. The van der Waals surface area contributed by atoms with Gasteiger partial charge >= 0.3 is 0 Å². The van der Waals surface area contributed by atoms with E-state index in [4.69, 9.17) is 0 Å². The maximum Gasteiger partial charge on any atom is 0.234 e. The Morgan fingerprint density at radius 1 is 1.17 bits per heavy atom. The predicted molar refractivity (Wildman–Crippen MR) is 112 cm³/mol. The predicted octanol–water partition coefficient (Wildman–Crippen LogP) is 4.48. The Morgan fingerprint density at radius 3 is 2.72 bits per heavy atom. The van der Waals surface area contributed by atoms with Gasteiger partial charge in [0.25, 0.3) is 0 Å². The number of aromatic nitrogens is 3. The molecule has 0 unspecified atom stereocenters. The lowest BCUT2D eigenvalue weighted by molar-refractivity contribution is -0.113. The molecule has 152 valence electrons. The first-order valence-electron chi connectivity index (χ1n) is 9.34. The molecule has 10 heteroatoms. The normalized spacial score (nSPS) is 14.8. The molecule has 6 nitrogen and oxygen atoms in total. The Balaban J connectivity index is 1.45. The quantitative estimate of drug-likeness (QED) is 0.471. The molecule has 2 aromatic heterocycles. The van der Waals surface area contributed by atoms with Crippen LogP contribution in [0.4, 0.5) is 19.6 Å². The molecule has 0 saturated carbocycles. The summed E-state index contributed by atoms with van der Waals surface area (Å²) in [4.78, 5) is 27.7. The molecule has 1 fully saturated rings. The van der Waals surface area contributed by atoms with Crippen molar-refractivity contribution in [3.63, 3.8) is 0 Å². The van der Waals surface area contributed by atoms with Crippen molar-refractivity contribution in [2.45, 2.75) is 30.7 Å². The molecule has 0 bridgehead atoms. The van der Waals surface area contributed by atoms with Crippen molar-refractivity contribution in [1.29, 1.82) is 0 Å². The number of carbonyl (C=O) groups is 1. The number of halogens is 2. The average Bonchev–Trinajstić information content (AvgIpc) is 2.96. The third-order valence-electron chi connectivity index (χ3n) is 4.57. The number of fused-ring (bicyclic) bond motifs is 1. The van der Waals surface area contributed by atoms with E-state index >= 15 is 0 Å². The lowest BCUT2D eigenvalue weighted by atomic mass is 10.2. The van der Waals surface area contributed by atoms with Gasteiger partial charge in [0, 0.05) is 19.2 Å². The lowest BCUT2D eigenvalue weighted by Crippen LogP contribution is -2.23. The standard InChI is InChI=1S/C19H19F2N5OS2/c20-12-5-6-14(13(21)9-12)24-15(27)10-28-18-16-17(22-11-23-18)25-19(29-16)26-7-3-1-2-4-8-26/h5-6,9,11H,1-4,7-8,10H2,(H,24,27). The molecule has 3 aromatic rings. The first kappa shape index (κ1) is 20.0. The summed E-state index contributed by atoms with van der Waals surface area (Å²) < 4.78 is 27.5. The molecule has 3 heterocycles. The molecule has 0 atom stereocenters. The van der Waals surface area contributed by atoms with Gasteiger partial charge in [-0.3, -0.25) is 4.79 Å². The highest BCUT2D eigenvalue weighted by atomic mass is 32.2. The number of benzene rings is 1. The van der Waals surface area contributed by atoms with E-state index in [1.54, 1.807) is 0 Å². The van der Waals surface area contributed by atoms with E-state index in [0.717, 1.165) is 47.9 Å². The lowest BCUT2D eigenvalue weighted by Gasteiger charge is -2.18. The zero-order valence-electron chi connectivity index (χ0n) is 15.5. The van der Waals surface area contributed by atoms with E-state index in [2.05, 4.69) is 25.2 Å². The number of amides is 1. The van der Waals surface area contributed by atoms with E-state index in [1.807, 2.05) is 0 Å². The highest BCUT2D eigenvalue weighted by Gasteiger charge is 2.18. The minimum Gasteiger partial charge on any atom is -0.348 e. The van der Waals surface area contributed by atoms with Crippen LogP contribution in [0.25, 0.3) is 10.3 Å². The Labute approximate surface area is 174 Å². The van der Waals surface area contributed by atoms with Gasteiger partial charge < -0.3 is 10.2 Å². The molecule has 1 aliphatic heterocycles. The topological polar surface area (TPSA) is 71.0 Å². The van der Waals surface area contributed by atoms with Gasteiger partial charge in [0.1, 0.15) is 27.7 Å². The highest BCUT2D eigenvalue weighted by molar-refractivity contribution is 8.00. The second kappa shape index (κ2) is 9.00. The SMILES string of the molecule is O=C(CSc1ncnc2nc(N3CCCCCC3)sc12)Nc1ccc(F)cc1F. The number of nitrogens with zero attached hydrogens (tertiary/aromatic N) is 4. The van der Waals surface area contributed by atoms with Crippen molar-refractivity contribution < 1.29 is 13.6 Å². The summed E-state index contributed by atoms with van der Waals surface area (Å²) in [6.45, 7) is 1.97. The maximum absolute atomic E-state index is 13.7. The van der Waals surface area contributed by atoms with Gasteiger partial charge in [0.2, 0.25) is 5.91 Å². The van der Waals surface area contributed by atoms with Gasteiger partial charge in [-0.15, -0.1) is 0 Å². The minimum atomic E-state index is -0.808. The molecule has 4 rings (SSSR count). The van der Waals surface area contributed by atoms with Crippen LogP contribution in [0.5, 0.6) is 0 Å². The maximum atomic E-state index is 13.7. The zero-order chi connectivity index (χ0) is 20.2. The molecule has 0 aliphatic carbocycles. The summed E-state index contributed by atoms with van der Waals surface area (Å²) in [5.74, 6) is -1.86. The van der Waals surface area contributed by atoms with Gasteiger partial charge in [-0.1, -0.05) is 35.9 Å². The van der Waals surface area contributed by atoms with Crippen LogP contribution in [0, 0.1) is 11.6 Å².